The Bertz CT molecular complexity index is 557. The van der Waals surface area contributed by atoms with E-state index < -0.39 is 0 Å². The Balaban J connectivity index is 1.93. The normalized spacial score (nSPS) is 10.8. The van der Waals surface area contributed by atoms with Crippen molar-refractivity contribution in [2.24, 2.45) is 5.16 Å². The van der Waals surface area contributed by atoms with Gasteiger partial charge in [-0.1, -0.05) is 69.1 Å². The number of hydrogen-bond donors (Lipinski definition) is 0. The zero-order valence-electron chi connectivity index (χ0n) is 9.44. The molecule has 1 radical (unpaired) electrons. The maximum Gasteiger partial charge on any atom is 0.143 e. The molecule has 0 saturated heterocycles. The van der Waals surface area contributed by atoms with Gasteiger partial charge in [0, 0.05) is 20.6 Å². The summed E-state index contributed by atoms with van der Waals surface area (Å²) in [6, 6.07) is 15.2. The Morgan fingerprint density at radius 2 is 1.83 bits per heavy atom. The standard InChI is InChI=1S/C14H10BrClNO/c15-13-7-3-1-5-11(13)9-17-18-10-12-6-2-4-8-14(12)16/h1-8H,10H2. The van der Waals surface area contributed by atoms with Crippen molar-refractivity contribution in [1.82, 2.24) is 0 Å². The fourth-order valence-electron chi connectivity index (χ4n) is 1.35. The third-order valence-electron chi connectivity index (χ3n) is 2.28. The summed E-state index contributed by atoms with van der Waals surface area (Å²) in [6.07, 6.45) is 2.82. The Hall–Kier alpha value is -1.32. The summed E-state index contributed by atoms with van der Waals surface area (Å²) in [5.74, 6) is 0. The minimum Gasteiger partial charge on any atom is -0.390 e. The zero-order valence-corrected chi connectivity index (χ0v) is 11.8. The van der Waals surface area contributed by atoms with Gasteiger partial charge in [0.1, 0.15) is 12.8 Å². The molecule has 2 aromatic rings. The molecule has 0 fully saturated rings. The molecule has 0 aromatic heterocycles. The van der Waals surface area contributed by atoms with E-state index in [1.165, 1.54) is 0 Å². The molecular weight excluding hydrogens is 314 g/mol. The maximum absolute atomic E-state index is 6.00. The highest BCUT2D eigenvalue weighted by molar-refractivity contribution is 9.10. The molecule has 0 saturated carbocycles. The molecule has 2 nitrogen and oxygen atoms in total. The van der Waals surface area contributed by atoms with Crippen LogP contribution in [0.4, 0.5) is 0 Å². The van der Waals surface area contributed by atoms with Crippen LogP contribution in [0.5, 0.6) is 0 Å². The molecule has 0 spiro atoms. The van der Waals surface area contributed by atoms with E-state index in [1.54, 1.807) is 0 Å². The van der Waals surface area contributed by atoms with Crippen LogP contribution in [-0.4, -0.2) is 6.21 Å². The quantitative estimate of drug-likeness (QED) is 0.598. The van der Waals surface area contributed by atoms with E-state index in [-0.39, 0.29) is 0 Å². The molecule has 4 heteroatoms. The topological polar surface area (TPSA) is 21.6 Å². The Morgan fingerprint density at radius 3 is 2.61 bits per heavy atom. The minimum absolute atomic E-state index is 0.330. The smallest absolute Gasteiger partial charge is 0.143 e. The first-order chi connectivity index (χ1) is 8.77. The van der Waals surface area contributed by atoms with Gasteiger partial charge < -0.3 is 4.84 Å². The molecule has 0 bridgehead atoms. The van der Waals surface area contributed by atoms with Gasteiger partial charge in [0.25, 0.3) is 0 Å². The Kier molecular flexibility index (Phi) is 4.79. The van der Waals surface area contributed by atoms with Crippen molar-refractivity contribution in [3.63, 3.8) is 0 Å². The molecule has 0 heterocycles. The second-order valence-corrected chi connectivity index (χ2v) is 4.81. The van der Waals surface area contributed by atoms with Gasteiger partial charge >= 0.3 is 0 Å². The monoisotopic (exact) mass is 322 g/mol. The second kappa shape index (κ2) is 6.57. The number of halogens is 2. The number of hydrogen-bond acceptors (Lipinski definition) is 2. The summed E-state index contributed by atoms with van der Waals surface area (Å²) < 4.78 is 0.926. The average Bonchev–Trinajstić information content (AvgIpc) is 2.38. The molecule has 0 unspecified atom stereocenters. The fraction of sp³-hybridized carbons (Fsp3) is 0.0714. The molecule has 91 valence electrons. The SMILES string of the molecule is Clc1ccccc1CON=[C]c1ccccc1Br. The molecule has 18 heavy (non-hydrogen) atoms. The summed E-state index contributed by atoms with van der Waals surface area (Å²) in [5, 5.41) is 4.47. The van der Waals surface area contributed by atoms with E-state index in [2.05, 4.69) is 27.3 Å². The van der Waals surface area contributed by atoms with Crippen LogP contribution in [0.1, 0.15) is 11.1 Å². The highest BCUT2D eigenvalue weighted by atomic mass is 79.9. The van der Waals surface area contributed by atoms with Gasteiger partial charge in [-0.05, 0) is 12.1 Å². The molecule has 0 aliphatic carbocycles. The highest BCUT2D eigenvalue weighted by Gasteiger charge is 1.98. The molecule has 2 rings (SSSR count). The first-order valence-electron chi connectivity index (χ1n) is 5.33. The van der Waals surface area contributed by atoms with E-state index in [0.717, 1.165) is 15.6 Å². The Labute approximate surface area is 119 Å². The van der Waals surface area contributed by atoms with Crippen molar-refractivity contribution in [2.75, 3.05) is 0 Å². The second-order valence-electron chi connectivity index (χ2n) is 3.55. The van der Waals surface area contributed by atoms with Crippen molar-refractivity contribution < 1.29 is 4.84 Å². The minimum atomic E-state index is 0.330. The molecule has 0 aliphatic rings. The van der Waals surface area contributed by atoms with E-state index in [1.807, 2.05) is 48.5 Å². The van der Waals surface area contributed by atoms with Crippen molar-refractivity contribution in [2.45, 2.75) is 6.61 Å². The summed E-state index contributed by atoms with van der Waals surface area (Å²) in [7, 11) is 0. The Morgan fingerprint density at radius 1 is 1.11 bits per heavy atom. The van der Waals surface area contributed by atoms with Gasteiger partial charge in [-0.15, -0.1) is 0 Å². The molecule has 0 atom stereocenters. The maximum atomic E-state index is 6.00. The van der Waals surface area contributed by atoms with Crippen molar-refractivity contribution in [3.8, 4) is 0 Å². The highest BCUT2D eigenvalue weighted by Crippen LogP contribution is 2.16. The van der Waals surface area contributed by atoms with Crippen molar-refractivity contribution >= 4 is 33.7 Å². The predicted octanol–water partition coefficient (Wildman–Crippen LogP) is 4.53. The lowest BCUT2D eigenvalue weighted by atomic mass is 10.2. The summed E-state index contributed by atoms with van der Waals surface area (Å²) in [5.41, 5.74) is 1.74. The van der Waals surface area contributed by atoms with E-state index in [4.69, 9.17) is 16.4 Å². The predicted molar refractivity (Wildman–Crippen MR) is 76.9 cm³/mol. The van der Waals surface area contributed by atoms with E-state index in [0.29, 0.717) is 11.6 Å². The van der Waals surface area contributed by atoms with Crippen LogP contribution in [0.3, 0.4) is 0 Å². The molecule has 0 aliphatic heterocycles. The number of nitrogens with zero attached hydrogens (tertiary/aromatic N) is 1. The van der Waals surface area contributed by atoms with Gasteiger partial charge in [-0.3, -0.25) is 0 Å². The zero-order chi connectivity index (χ0) is 12.8. The van der Waals surface area contributed by atoms with Crippen LogP contribution in [0.2, 0.25) is 5.02 Å². The average molecular weight is 324 g/mol. The summed E-state index contributed by atoms with van der Waals surface area (Å²) in [6.45, 7) is 0.330. The van der Waals surface area contributed by atoms with Gasteiger partial charge in [0.05, 0.1) is 0 Å². The van der Waals surface area contributed by atoms with Crippen LogP contribution in [0.15, 0.2) is 58.2 Å². The lowest BCUT2D eigenvalue weighted by Gasteiger charge is -2.01. The number of benzene rings is 2. The fourth-order valence-corrected chi connectivity index (χ4v) is 1.91. The lowest BCUT2D eigenvalue weighted by molar-refractivity contribution is 0.132. The van der Waals surface area contributed by atoms with Gasteiger partial charge in [-0.25, -0.2) is 0 Å². The van der Waals surface area contributed by atoms with E-state index in [9.17, 15) is 0 Å². The van der Waals surface area contributed by atoms with Crippen LogP contribution in [-0.2, 0) is 11.4 Å². The van der Waals surface area contributed by atoms with Crippen molar-refractivity contribution in [3.05, 3.63) is 69.2 Å². The molecule has 0 amide bonds. The van der Waals surface area contributed by atoms with Crippen molar-refractivity contribution in [1.29, 1.82) is 0 Å². The largest absolute Gasteiger partial charge is 0.390 e. The van der Waals surface area contributed by atoms with Crippen LogP contribution in [0, 0.1) is 0 Å². The first kappa shape index (κ1) is 13.1. The van der Waals surface area contributed by atoms with Crippen LogP contribution < -0.4 is 0 Å². The third-order valence-corrected chi connectivity index (χ3v) is 3.34. The van der Waals surface area contributed by atoms with Gasteiger partial charge in [0.2, 0.25) is 0 Å². The van der Waals surface area contributed by atoms with E-state index >= 15 is 0 Å². The van der Waals surface area contributed by atoms with Crippen LogP contribution >= 0.6 is 27.5 Å². The lowest BCUT2D eigenvalue weighted by Crippen LogP contribution is -1.89. The first-order valence-corrected chi connectivity index (χ1v) is 6.50. The molecule has 0 N–H and O–H groups in total. The molecule has 2 aromatic carbocycles. The van der Waals surface area contributed by atoms with Gasteiger partial charge in [-0.2, -0.15) is 0 Å². The molecular formula is C14H10BrClNO. The van der Waals surface area contributed by atoms with Gasteiger partial charge in [0.15, 0.2) is 0 Å². The third kappa shape index (κ3) is 3.59. The number of rotatable bonds is 4. The van der Waals surface area contributed by atoms with Crippen LogP contribution in [0.25, 0.3) is 0 Å². The summed E-state index contributed by atoms with van der Waals surface area (Å²) in [4.78, 5) is 5.17. The summed E-state index contributed by atoms with van der Waals surface area (Å²) >= 11 is 9.40.